The first-order chi connectivity index (χ1) is 7.59. The largest absolute Gasteiger partial charge is 0.424 e. The molecule has 0 spiro atoms. The molecule has 0 saturated heterocycles. The zero-order valence-corrected chi connectivity index (χ0v) is 10.4. The van der Waals surface area contributed by atoms with Gasteiger partial charge in [0.05, 0.1) is 19.4 Å². The first-order valence-electron chi connectivity index (χ1n) is 5.20. The van der Waals surface area contributed by atoms with Crippen molar-refractivity contribution in [1.82, 2.24) is 0 Å². The maximum Gasteiger partial charge on any atom is 0.381 e. The van der Waals surface area contributed by atoms with E-state index in [0.29, 0.717) is 12.4 Å². The van der Waals surface area contributed by atoms with Gasteiger partial charge in [-0.1, -0.05) is 17.7 Å². The van der Waals surface area contributed by atoms with Crippen LogP contribution in [0.4, 0.5) is 0 Å². The van der Waals surface area contributed by atoms with Crippen molar-refractivity contribution >= 4 is 7.60 Å². The first kappa shape index (κ1) is 13.2. The molecule has 1 aromatic carbocycles. The summed E-state index contributed by atoms with van der Waals surface area (Å²) < 4.78 is 22.5. The van der Waals surface area contributed by atoms with Gasteiger partial charge < -0.3 is 14.2 Å². The molecule has 0 aromatic heterocycles. The van der Waals surface area contributed by atoms with Crippen molar-refractivity contribution in [3.8, 4) is 5.75 Å². The van der Waals surface area contributed by atoms with E-state index in [0.717, 1.165) is 5.56 Å². The Bertz CT molecular complexity index is 351. The fourth-order valence-corrected chi connectivity index (χ4v) is 2.57. The minimum absolute atomic E-state index is 0.00865. The Morgan fingerprint density at radius 2 is 1.94 bits per heavy atom. The predicted molar refractivity (Wildman–Crippen MR) is 63.0 cm³/mol. The Labute approximate surface area is 95.7 Å². The summed E-state index contributed by atoms with van der Waals surface area (Å²) in [5, 5.41) is 8.82. The van der Waals surface area contributed by atoms with Gasteiger partial charge in [0.25, 0.3) is 0 Å². The molecule has 4 nitrogen and oxygen atoms in total. The topological polar surface area (TPSA) is 55.8 Å². The van der Waals surface area contributed by atoms with Gasteiger partial charge in [0, 0.05) is 0 Å². The van der Waals surface area contributed by atoms with Crippen LogP contribution in [0.3, 0.4) is 0 Å². The molecule has 0 bridgehead atoms. The van der Waals surface area contributed by atoms with Crippen molar-refractivity contribution in [1.29, 1.82) is 0 Å². The molecule has 5 heteroatoms. The summed E-state index contributed by atoms with van der Waals surface area (Å²) in [6.45, 7) is 3.77. The smallest absolute Gasteiger partial charge is 0.381 e. The lowest BCUT2D eigenvalue weighted by Crippen LogP contribution is -2.05. The second-order valence-corrected chi connectivity index (χ2v) is 5.49. The van der Waals surface area contributed by atoms with Crippen LogP contribution in [-0.4, -0.2) is 24.5 Å². The zero-order chi connectivity index (χ0) is 12.0. The lowest BCUT2D eigenvalue weighted by atomic mass is 10.2. The molecular weight excluding hydrogens is 227 g/mol. The number of hydrogen-bond donors (Lipinski definition) is 1. The third kappa shape index (κ3) is 3.97. The number of hydrogen-bond acceptors (Lipinski definition) is 4. The number of aryl methyl sites for hydroxylation is 1. The van der Waals surface area contributed by atoms with E-state index in [1.165, 1.54) is 0 Å². The van der Waals surface area contributed by atoms with Crippen molar-refractivity contribution < 1.29 is 18.7 Å². The van der Waals surface area contributed by atoms with E-state index in [1.54, 1.807) is 19.1 Å². The summed E-state index contributed by atoms with van der Waals surface area (Å²) in [4.78, 5) is 0. The Morgan fingerprint density at radius 1 is 1.31 bits per heavy atom. The van der Waals surface area contributed by atoms with Crippen molar-refractivity contribution in [2.45, 2.75) is 13.8 Å². The molecule has 1 N–H and O–H groups in total. The monoisotopic (exact) mass is 244 g/mol. The zero-order valence-electron chi connectivity index (χ0n) is 9.55. The molecule has 0 aliphatic carbocycles. The molecule has 0 aliphatic heterocycles. The Hall–Kier alpha value is -0.830. The second kappa shape index (κ2) is 6.04. The van der Waals surface area contributed by atoms with Gasteiger partial charge in [0.1, 0.15) is 5.75 Å². The van der Waals surface area contributed by atoms with Crippen LogP contribution in [0.25, 0.3) is 0 Å². The summed E-state index contributed by atoms with van der Waals surface area (Å²) in [7, 11) is -3.21. The predicted octanol–water partition coefficient (Wildman–Crippen LogP) is 2.60. The van der Waals surface area contributed by atoms with Gasteiger partial charge in [0.2, 0.25) is 0 Å². The Kier molecular flexibility index (Phi) is 5.00. The van der Waals surface area contributed by atoms with E-state index in [9.17, 15) is 4.57 Å². The van der Waals surface area contributed by atoms with Crippen LogP contribution in [0.2, 0.25) is 0 Å². The van der Waals surface area contributed by atoms with Crippen LogP contribution in [0.5, 0.6) is 5.75 Å². The second-order valence-electron chi connectivity index (χ2n) is 3.38. The fraction of sp³-hybridized carbons (Fsp3) is 0.455. The third-order valence-corrected chi connectivity index (χ3v) is 3.85. The van der Waals surface area contributed by atoms with Gasteiger partial charge in [-0.25, -0.2) is 4.57 Å². The molecule has 1 unspecified atom stereocenters. The van der Waals surface area contributed by atoms with Gasteiger partial charge in [0.15, 0.2) is 0 Å². The molecule has 0 aliphatic rings. The molecule has 1 aromatic rings. The van der Waals surface area contributed by atoms with Crippen LogP contribution in [0.1, 0.15) is 12.5 Å². The van der Waals surface area contributed by atoms with E-state index in [4.69, 9.17) is 14.2 Å². The summed E-state index contributed by atoms with van der Waals surface area (Å²) in [6, 6.07) is 7.20. The lowest BCUT2D eigenvalue weighted by molar-refractivity contribution is 0.260. The summed E-state index contributed by atoms with van der Waals surface area (Å²) in [5.41, 5.74) is 1.10. The maximum absolute atomic E-state index is 12.1. The average Bonchev–Trinajstić information content (AvgIpc) is 2.22. The normalized spacial score (nSPS) is 14.4. The van der Waals surface area contributed by atoms with Crippen LogP contribution < -0.4 is 4.52 Å². The summed E-state index contributed by atoms with van der Waals surface area (Å²) in [5.74, 6) is 0.496. The third-order valence-electron chi connectivity index (χ3n) is 1.97. The molecular formula is C11H17O4P. The quantitative estimate of drug-likeness (QED) is 0.781. The molecule has 90 valence electrons. The molecule has 1 rings (SSSR count). The molecule has 0 amide bonds. The van der Waals surface area contributed by atoms with E-state index < -0.39 is 7.60 Å². The minimum Gasteiger partial charge on any atom is -0.424 e. The Balaban J connectivity index is 2.75. The van der Waals surface area contributed by atoms with Gasteiger partial charge in [-0.2, -0.15) is 0 Å². The maximum atomic E-state index is 12.1. The van der Waals surface area contributed by atoms with Crippen LogP contribution >= 0.6 is 7.60 Å². The van der Waals surface area contributed by atoms with Crippen molar-refractivity contribution in [2.24, 2.45) is 0 Å². The summed E-state index contributed by atoms with van der Waals surface area (Å²) >= 11 is 0. The number of aliphatic hydroxyl groups excluding tert-OH is 1. The molecule has 0 fully saturated rings. The highest BCUT2D eigenvalue weighted by Crippen LogP contribution is 2.47. The van der Waals surface area contributed by atoms with E-state index >= 15 is 0 Å². The lowest BCUT2D eigenvalue weighted by Gasteiger charge is -2.17. The number of aliphatic hydroxyl groups is 1. The van der Waals surface area contributed by atoms with Crippen molar-refractivity contribution in [3.63, 3.8) is 0 Å². The SMILES string of the molecule is CCOP(=O)(CCO)Oc1ccc(C)cc1. The molecule has 0 saturated carbocycles. The number of rotatable bonds is 6. The standard InChI is InChI=1S/C11H17O4P/c1-3-14-16(13,9-8-12)15-11-6-4-10(2)5-7-11/h4-7,12H,3,8-9H2,1-2H3. The Morgan fingerprint density at radius 3 is 2.44 bits per heavy atom. The van der Waals surface area contributed by atoms with E-state index in [2.05, 4.69) is 0 Å². The highest BCUT2D eigenvalue weighted by molar-refractivity contribution is 7.54. The highest BCUT2D eigenvalue weighted by atomic mass is 31.2. The highest BCUT2D eigenvalue weighted by Gasteiger charge is 2.24. The fourth-order valence-electron chi connectivity index (χ4n) is 1.22. The van der Waals surface area contributed by atoms with Crippen LogP contribution in [0.15, 0.2) is 24.3 Å². The summed E-state index contributed by atoms with van der Waals surface area (Å²) in [6.07, 6.45) is 0.00865. The van der Waals surface area contributed by atoms with Gasteiger partial charge >= 0.3 is 7.60 Å². The molecule has 1 atom stereocenters. The molecule has 0 radical (unpaired) electrons. The van der Waals surface area contributed by atoms with Gasteiger partial charge in [-0.15, -0.1) is 0 Å². The average molecular weight is 244 g/mol. The van der Waals surface area contributed by atoms with Crippen LogP contribution in [-0.2, 0) is 9.09 Å². The van der Waals surface area contributed by atoms with Crippen molar-refractivity contribution in [3.05, 3.63) is 29.8 Å². The van der Waals surface area contributed by atoms with E-state index in [-0.39, 0.29) is 12.8 Å². The minimum atomic E-state index is -3.21. The number of benzene rings is 1. The first-order valence-corrected chi connectivity index (χ1v) is 6.93. The van der Waals surface area contributed by atoms with Crippen LogP contribution in [0, 0.1) is 6.92 Å². The van der Waals surface area contributed by atoms with Gasteiger partial charge in [-0.05, 0) is 26.0 Å². The van der Waals surface area contributed by atoms with E-state index in [1.807, 2.05) is 19.1 Å². The van der Waals surface area contributed by atoms with Gasteiger partial charge in [-0.3, -0.25) is 0 Å². The van der Waals surface area contributed by atoms with Crippen molar-refractivity contribution in [2.75, 3.05) is 19.4 Å². The molecule has 0 heterocycles. The molecule has 16 heavy (non-hydrogen) atoms.